The molecule has 106 valence electrons. The summed E-state index contributed by atoms with van der Waals surface area (Å²) in [6.07, 6.45) is 2.60. The van der Waals surface area contributed by atoms with E-state index in [1.54, 1.807) is 11.3 Å². The Kier molecular flexibility index (Phi) is 4.40. The molecule has 0 aliphatic carbocycles. The third kappa shape index (κ3) is 3.42. The Bertz CT molecular complexity index is 557. The molecule has 2 aromatic rings. The second kappa shape index (κ2) is 6.43. The molecule has 4 nitrogen and oxygen atoms in total. The zero-order valence-corrected chi connectivity index (χ0v) is 12.1. The molecule has 1 fully saturated rings. The Hall–Kier alpha value is -1.30. The lowest BCUT2D eigenvalue weighted by atomic mass is 10.1. The average molecular weight is 290 g/mol. The van der Waals surface area contributed by atoms with Crippen molar-refractivity contribution in [1.82, 2.24) is 10.3 Å². The molecule has 1 aromatic carbocycles. The van der Waals surface area contributed by atoms with E-state index in [4.69, 9.17) is 4.74 Å². The van der Waals surface area contributed by atoms with E-state index in [1.807, 2.05) is 24.3 Å². The first-order valence-corrected chi connectivity index (χ1v) is 7.81. The van der Waals surface area contributed by atoms with E-state index in [9.17, 15) is 4.79 Å². The first-order valence-electron chi connectivity index (χ1n) is 7.00. The lowest BCUT2D eigenvalue weighted by Crippen LogP contribution is -2.33. The highest BCUT2D eigenvalue weighted by Crippen LogP contribution is 2.22. The van der Waals surface area contributed by atoms with Crippen molar-refractivity contribution in [2.24, 2.45) is 0 Å². The van der Waals surface area contributed by atoms with Gasteiger partial charge >= 0.3 is 0 Å². The molecule has 0 amide bonds. The first kappa shape index (κ1) is 13.7. The van der Waals surface area contributed by atoms with Crippen LogP contribution in [-0.4, -0.2) is 36.6 Å². The average Bonchev–Trinajstić information content (AvgIpc) is 2.88. The third-order valence-electron chi connectivity index (χ3n) is 3.45. The molecule has 0 saturated carbocycles. The van der Waals surface area contributed by atoms with Gasteiger partial charge in [-0.25, -0.2) is 4.98 Å². The smallest absolute Gasteiger partial charge is 0.165 e. The number of hydrogen-bond donors (Lipinski definition) is 1. The Morgan fingerprint density at radius 3 is 2.95 bits per heavy atom. The maximum Gasteiger partial charge on any atom is 0.165 e. The highest BCUT2D eigenvalue weighted by atomic mass is 32.1. The topological polar surface area (TPSA) is 51.2 Å². The molecule has 2 heterocycles. The number of thiazole rings is 1. The summed E-state index contributed by atoms with van der Waals surface area (Å²) in [6.45, 7) is 2.17. The summed E-state index contributed by atoms with van der Waals surface area (Å²) in [6, 6.07) is 7.97. The molecule has 20 heavy (non-hydrogen) atoms. The van der Waals surface area contributed by atoms with Crippen LogP contribution in [0.3, 0.4) is 0 Å². The highest BCUT2D eigenvalue weighted by molar-refractivity contribution is 7.18. The SMILES string of the molecule is O=C(COC1CCNCC1)Cc1nc2ccccc2s1. The van der Waals surface area contributed by atoms with Crippen LogP contribution >= 0.6 is 11.3 Å². The second-order valence-electron chi connectivity index (χ2n) is 5.05. The zero-order chi connectivity index (χ0) is 13.8. The summed E-state index contributed by atoms with van der Waals surface area (Å²) in [5.74, 6) is 0.114. The van der Waals surface area contributed by atoms with Crippen molar-refractivity contribution in [3.05, 3.63) is 29.3 Å². The molecule has 0 atom stereocenters. The fourth-order valence-electron chi connectivity index (χ4n) is 2.39. The molecule has 1 aromatic heterocycles. The van der Waals surface area contributed by atoms with Crippen molar-refractivity contribution in [1.29, 1.82) is 0 Å². The van der Waals surface area contributed by atoms with Crippen LogP contribution < -0.4 is 5.32 Å². The van der Waals surface area contributed by atoms with E-state index in [0.29, 0.717) is 6.42 Å². The number of nitrogens with zero attached hydrogens (tertiary/aromatic N) is 1. The summed E-state index contributed by atoms with van der Waals surface area (Å²) in [5.41, 5.74) is 0.972. The van der Waals surface area contributed by atoms with Crippen molar-refractivity contribution >= 4 is 27.3 Å². The van der Waals surface area contributed by atoms with Gasteiger partial charge in [-0.05, 0) is 38.1 Å². The second-order valence-corrected chi connectivity index (χ2v) is 6.17. The van der Waals surface area contributed by atoms with Gasteiger partial charge in [0.05, 0.1) is 22.7 Å². The lowest BCUT2D eigenvalue weighted by Gasteiger charge is -2.22. The van der Waals surface area contributed by atoms with Gasteiger partial charge in [0.2, 0.25) is 0 Å². The minimum Gasteiger partial charge on any atom is -0.370 e. The summed E-state index contributed by atoms with van der Waals surface area (Å²) in [4.78, 5) is 16.4. The molecule has 1 saturated heterocycles. The van der Waals surface area contributed by atoms with Crippen LogP contribution in [0.5, 0.6) is 0 Å². The van der Waals surface area contributed by atoms with Crippen LogP contribution in [0.2, 0.25) is 0 Å². The number of ether oxygens (including phenoxy) is 1. The number of rotatable bonds is 5. The number of carbonyl (C=O) groups excluding carboxylic acids is 1. The molecule has 3 rings (SSSR count). The monoisotopic (exact) mass is 290 g/mol. The number of Topliss-reactive ketones (excluding diaryl/α,β-unsaturated/α-hetero) is 1. The Balaban J connectivity index is 1.52. The minimum atomic E-state index is 0.114. The van der Waals surface area contributed by atoms with Crippen LogP contribution in [0.1, 0.15) is 17.8 Å². The maximum atomic E-state index is 12.0. The van der Waals surface area contributed by atoms with E-state index in [-0.39, 0.29) is 18.5 Å². The van der Waals surface area contributed by atoms with E-state index in [0.717, 1.165) is 41.2 Å². The number of para-hydroxylation sites is 1. The Morgan fingerprint density at radius 2 is 2.15 bits per heavy atom. The molecule has 0 spiro atoms. The Labute approximate surface area is 122 Å². The van der Waals surface area contributed by atoms with Crippen molar-refractivity contribution in [2.75, 3.05) is 19.7 Å². The van der Waals surface area contributed by atoms with Gasteiger partial charge in [0, 0.05) is 0 Å². The normalized spacial score (nSPS) is 16.6. The fraction of sp³-hybridized carbons (Fsp3) is 0.467. The summed E-state index contributed by atoms with van der Waals surface area (Å²) in [5, 5.41) is 4.16. The van der Waals surface area contributed by atoms with Gasteiger partial charge in [0.15, 0.2) is 5.78 Å². The molecule has 1 aliphatic rings. The van der Waals surface area contributed by atoms with Gasteiger partial charge in [-0.2, -0.15) is 0 Å². The summed E-state index contributed by atoms with van der Waals surface area (Å²) in [7, 11) is 0. The van der Waals surface area contributed by atoms with Crippen molar-refractivity contribution in [3.8, 4) is 0 Å². The summed E-state index contributed by atoms with van der Waals surface area (Å²) >= 11 is 1.59. The van der Waals surface area contributed by atoms with Gasteiger partial charge in [0.25, 0.3) is 0 Å². The van der Waals surface area contributed by atoms with Crippen LogP contribution in [0.15, 0.2) is 24.3 Å². The fourth-order valence-corrected chi connectivity index (χ4v) is 3.38. The van der Waals surface area contributed by atoms with Gasteiger partial charge in [0.1, 0.15) is 11.6 Å². The predicted octanol–water partition coefficient (Wildman–Crippen LogP) is 2.18. The van der Waals surface area contributed by atoms with Gasteiger partial charge in [-0.15, -0.1) is 11.3 Å². The number of hydrogen-bond acceptors (Lipinski definition) is 5. The van der Waals surface area contributed by atoms with Crippen LogP contribution in [-0.2, 0) is 16.0 Å². The van der Waals surface area contributed by atoms with Crippen LogP contribution in [0, 0.1) is 0 Å². The van der Waals surface area contributed by atoms with Gasteiger partial charge < -0.3 is 10.1 Å². The molecular formula is C15H18N2O2S. The van der Waals surface area contributed by atoms with Gasteiger partial charge in [-0.1, -0.05) is 12.1 Å². The number of nitrogens with one attached hydrogen (secondary N) is 1. The standard InChI is InChI=1S/C15H18N2O2S/c18-11(10-19-12-5-7-16-8-6-12)9-15-17-13-3-1-2-4-14(13)20-15/h1-4,12,16H,5-10H2. The number of benzene rings is 1. The molecule has 1 N–H and O–H groups in total. The minimum absolute atomic E-state index is 0.114. The highest BCUT2D eigenvalue weighted by Gasteiger charge is 2.15. The number of ketones is 1. The number of carbonyl (C=O) groups is 1. The molecule has 0 radical (unpaired) electrons. The van der Waals surface area contributed by atoms with Crippen molar-refractivity contribution < 1.29 is 9.53 Å². The van der Waals surface area contributed by atoms with Gasteiger partial charge in [-0.3, -0.25) is 4.79 Å². The number of aromatic nitrogens is 1. The molecule has 0 bridgehead atoms. The molecule has 1 aliphatic heterocycles. The third-order valence-corrected chi connectivity index (χ3v) is 4.49. The lowest BCUT2D eigenvalue weighted by molar-refractivity contribution is -0.125. The van der Waals surface area contributed by atoms with E-state index in [2.05, 4.69) is 10.3 Å². The van der Waals surface area contributed by atoms with E-state index in [1.165, 1.54) is 0 Å². The number of fused-ring (bicyclic) bond motifs is 1. The maximum absolute atomic E-state index is 12.0. The van der Waals surface area contributed by atoms with Crippen LogP contribution in [0.25, 0.3) is 10.2 Å². The molecule has 0 unspecified atom stereocenters. The summed E-state index contributed by atoms with van der Waals surface area (Å²) < 4.78 is 6.81. The van der Waals surface area contributed by atoms with Crippen molar-refractivity contribution in [3.63, 3.8) is 0 Å². The largest absolute Gasteiger partial charge is 0.370 e. The first-order chi connectivity index (χ1) is 9.81. The van der Waals surface area contributed by atoms with Crippen molar-refractivity contribution in [2.45, 2.75) is 25.4 Å². The predicted molar refractivity (Wildman–Crippen MR) is 80.2 cm³/mol. The Morgan fingerprint density at radius 1 is 1.35 bits per heavy atom. The molecule has 5 heteroatoms. The van der Waals surface area contributed by atoms with Crippen LogP contribution in [0.4, 0.5) is 0 Å². The number of piperidine rings is 1. The van der Waals surface area contributed by atoms with E-state index < -0.39 is 0 Å². The zero-order valence-electron chi connectivity index (χ0n) is 11.3. The quantitative estimate of drug-likeness (QED) is 0.917. The van der Waals surface area contributed by atoms with E-state index >= 15 is 0 Å². The molecular weight excluding hydrogens is 272 g/mol.